The molecule has 1 aliphatic rings. The number of benzene rings is 3. The molecule has 0 unspecified atom stereocenters. The second-order valence-corrected chi connectivity index (χ2v) is 9.89. The molecule has 0 bridgehead atoms. The van der Waals surface area contributed by atoms with E-state index in [-0.39, 0.29) is 15.5 Å². The molecule has 2 N–H and O–H groups in total. The Bertz CT molecular complexity index is 1230. The van der Waals surface area contributed by atoms with Crippen molar-refractivity contribution in [2.24, 2.45) is 0 Å². The van der Waals surface area contributed by atoms with E-state index in [1.807, 2.05) is 12.1 Å². The van der Waals surface area contributed by atoms with Crippen molar-refractivity contribution in [1.82, 2.24) is 0 Å². The van der Waals surface area contributed by atoms with Crippen LogP contribution in [0.4, 0.5) is 0 Å². The maximum atomic E-state index is 12.7. The molecule has 32 heavy (non-hydrogen) atoms. The summed E-state index contributed by atoms with van der Waals surface area (Å²) in [7, 11) is -3.67. The largest absolute Gasteiger partial charge is 0.508 e. The maximum absolute atomic E-state index is 12.7. The van der Waals surface area contributed by atoms with Gasteiger partial charge >= 0.3 is 0 Å². The topological polar surface area (TPSA) is 83.8 Å². The standard InChI is InChI=1S/C26H24O5S/c27-21-6-12-24(13-7-21)32(29,30)25-14-10-23(11-15-25)31-22-8-4-20(5-9-22)16-19-26(28)17-2-1-3-18-26/h4-15,27-28H,1-3,17-18H2. The zero-order chi connectivity index (χ0) is 22.6. The molecular formula is C26H24O5S. The lowest BCUT2D eigenvalue weighted by Crippen LogP contribution is -2.29. The van der Waals surface area contributed by atoms with E-state index >= 15 is 0 Å². The molecule has 0 saturated heterocycles. The number of hydrogen-bond acceptors (Lipinski definition) is 5. The Balaban J connectivity index is 1.43. The minimum absolute atomic E-state index is 0.00884. The number of phenols is 1. The average Bonchev–Trinajstić information content (AvgIpc) is 2.80. The normalized spacial score (nSPS) is 15.4. The van der Waals surface area contributed by atoms with Gasteiger partial charge in [0, 0.05) is 5.56 Å². The third kappa shape index (κ3) is 5.13. The highest BCUT2D eigenvalue weighted by atomic mass is 32.2. The van der Waals surface area contributed by atoms with Gasteiger partial charge in [-0.2, -0.15) is 0 Å². The lowest BCUT2D eigenvalue weighted by atomic mass is 9.85. The van der Waals surface area contributed by atoms with Crippen LogP contribution < -0.4 is 4.74 Å². The van der Waals surface area contributed by atoms with Gasteiger partial charge in [-0.25, -0.2) is 8.42 Å². The summed E-state index contributed by atoms with van der Waals surface area (Å²) in [6.45, 7) is 0. The van der Waals surface area contributed by atoms with Crippen molar-refractivity contribution in [2.75, 3.05) is 0 Å². The van der Waals surface area contributed by atoms with Gasteiger partial charge in [-0.1, -0.05) is 18.3 Å². The lowest BCUT2D eigenvalue weighted by Gasteiger charge is -2.26. The first kappa shape index (κ1) is 21.9. The van der Waals surface area contributed by atoms with Crippen LogP contribution in [0.2, 0.25) is 0 Å². The Morgan fingerprint density at radius 2 is 1.25 bits per heavy atom. The van der Waals surface area contributed by atoms with Crippen LogP contribution >= 0.6 is 0 Å². The second-order valence-electron chi connectivity index (χ2n) is 7.94. The van der Waals surface area contributed by atoms with E-state index in [2.05, 4.69) is 11.8 Å². The fourth-order valence-corrected chi connectivity index (χ4v) is 4.90. The van der Waals surface area contributed by atoms with Crippen molar-refractivity contribution in [3.63, 3.8) is 0 Å². The van der Waals surface area contributed by atoms with Gasteiger partial charge in [-0.05, 0) is 98.5 Å². The maximum Gasteiger partial charge on any atom is 0.206 e. The summed E-state index contributed by atoms with van der Waals surface area (Å²) in [6.07, 6.45) is 4.61. The van der Waals surface area contributed by atoms with Crippen LogP contribution in [0.25, 0.3) is 0 Å². The Morgan fingerprint density at radius 1 is 0.750 bits per heavy atom. The van der Waals surface area contributed by atoms with Gasteiger partial charge in [-0.3, -0.25) is 0 Å². The summed E-state index contributed by atoms with van der Waals surface area (Å²) >= 11 is 0. The van der Waals surface area contributed by atoms with Crippen molar-refractivity contribution >= 4 is 9.84 Å². The van der Waals surface area contributed by atoms with Crippen LogP contribution in [0.3, 0.4) is 0 Å². The van der Waals surface area contributed by atoms with Crippen molar-refractivity contribution in [3.8, 4) is 29.1 Å². The van der Waals surface area contributed by atoms with Gasteiger partial charge in [0.1, 0.15) is 22.8 Å². The highest BCUT2D eigenvalue weighted by Gasteiger charge is 2.26. The molecule has 0 radical (unpaired) electrons. The number of aliphatic hydroxyl groups is 1. The number of ether oxygens (including phenoxy) is 1. The molecule has 3 aromatic rings. The highest BCUT2D eigenvalue weighted by molar-refractivity contribution is 7.91. The minimum Gasteiger partial charge on any atom is -0.508 e. The van der Waals surface area contributed by atoms with Crippen LogP contribution in [-0.2, 0) is 9.84 Å². The fourth-order valence-electron chi connectivity index (χ4n) is 3.64. The minimum atomic E-state index is -3.67. The molecule has 0 heterocycles. The molecule has 0 aliphatic heterocycles. The van der Waals surface area contributed by atoms with Crippen molar-refractivity contribution in [2.45, 2.75) is 47.5 Å². The summed E-state index contributed by atoms with van der Waals surface area (Å²) in [4.78, 5) is 0.250. The molecule has 0 amide bonds. The predicted molar refractivity (Wildman–Crippen MR) is 121 cm³/mol. The molecule has 1 fully saturated rings. The molecule has 164 valence electrons. The van der Waals surface area contributed by atoms with Gasteiger partial charge < -0.3 is 14.9 Å². The molecular weight excluding hydrogens is 424 g/mol. The van der Waals surface area contributed by atoms with Gasteiger partial charge in [0.2, 0.25) is 9.84 Å². The second kappa shape index (κ2) is 9.07. The van der Waals surface area contributed by atoms with Gasteiger partial charge in [-0.15, -0.1) is 0 Å². The fraction of sp³-hybridized carbons (Fsp3) is 0.231. The monoisotopic (exact) mass is 448 g/mol. The molecule has 1 saturated carbocycles. The van der Waals surface area contributed by atoms with Crippen molar-refractivity contribution in [3.05, 3.63) is 78.4 Å². The quantitative estimate of drug-likeness (QED) is 0.545. The smallest absolute Gasteiger partial charge is 0.206 e. The van der Waals surface area contributed by atoms with E-state index in [1.54, 1.807) is 24.3 Å². The van der Waals surface area contributed by atoms with Crippen LogP contribution in [0, 0.1) is 11.8 Å². The van der Waals surface area contributed by atoms with Crippen molar-refractivity contribution in [1.29, 1.82) is 0 Å². The number of aromatic hydroxyl groups is 1. The molecule has 4 rings (SSSR count). The first-order valence-corrected chi connectivity index (χ1v) is 12.0. The first-order valence-electron chi connectivity index (χ1n) is 10.5. The summed E-state index contributed by atoms with van der Waals surface area (Å²) in [5, 5.41) is 19.9. The first-order chi connectivity index (χ1) is 15.3. The van der Waals surface area contributed by atoms with Gasteiger partial charge in [0.15, 0.2) is 0 Å². The molecule has 3 aromatic carbocycles. The summed E-state index contributed by atoms with van der Waals surface area (Å²) in [5.41, 5.74) is -0.0815. The van der Waals surface area contributed by atoms with Gasteiger partial charge in [0.05, 0.1) is 9.79 Å². The SMILES string of the molecule is O=S(=O)(c1ccc(O)cc1)c1ccc(Oc2ccc(C#CC3(O)CCCCC3)cc2)cc1. The molecule has 0 spiro atoms. The zero-order valence-corrected chi connectivity index (χ0v) is 18.3. The number of rotatable bonds is 4. The number of hydrogen-bond donors (Lipinski definition) is 2. The van der Waals surface area contributed by atoms with Crippen LogP contribution in [-0.4, -0.2) is 24.2 Å². The molecule has 0 aromatic heterocycles. The van der Waals surface area contributed by atoms with E-state index in [0.29, 0.717) is 11.5 Å². The van der Waals surface area contributed by atoms with E-state index < -0.39 is 15.4 Å². The van der Waals surface area contributed by atoms with E-state index in [4.69, 9.17) is 4.74 Å². The third-order valence-electron chi connectivity index (χ3n) is 5.49. The average molecular weight is 449 g/mol. The number of sulfone groups is 1. The molecule has 0 atom stereocenters. The summed E-state index contributed by atoms with van der Waals surface area (Å²) < 4.78 is 31.2. The Kier molecular flexibility index (Phi) is 6.22. The zero-order valence-electron chi connectivity index (χ0n) is 17.5. The molecule has 5 nitrogen and oxygen atoms in total. The third-order valence-corrected chi connectivity index (χ3v) is 7.28. The van der Waals surface area contributed by atoms with Crippen LogP contribution in [0.5, 0.6) is 17.2 Å². The summed E-state index contributed by atoms with van der Waals surface area (Å²) in [6, 6.07) is 18.8. The molecule has 1 aliphatic carbocycles. The Hall–Kier alpha value is -3.27. The van der Waals surface area contributed by atoms with Gasteiger partial charge in [0.25, 0.3) is 0 Å². The van der Waals surface area contributed by atoms with Crippen LogP contribution in [0.1, 0.15) is 37.7 Å². The Labute approximate surface area is 188 Å². The summed E-state index contributed by atoms with van der Waals surface area (Å²) in [5.74, 6) is 7.18. The van der Waals surface area contributed by atoms with E-state index in [1.165, 1.54) is 36.4 Å². The lowest BCUT2D eigenvalue weighted by molar-refractivity contribution is 0.0610. The highest BCUT2D eigenvalue weighted by Crippen LogP contribution is 2.28. The van der Waals surface area contributed by atoms with Crippen LogP contribution in [0.15, 0.2) is 82.6 Å². The Morgan fingerprint density at radius 3 is 1.81 bits per heavy atom. The molecule has 6 heteroatoms. The predicted octanol–water partition coefficient (Wildman–Crippen LogP) is 5.06. The van der Waals surface area contributed by atoms with Crippen molar-refractivity contribution < 1.29 is 23.4 Å². The number of phenolic OH excluding ortho intramolecular Hbond substituents is 1. The van der Waals surface area contributed by atoms with E-state index in [9.17, 15) is 18.6 Å². The van der Waals surface area contributed by atoms with E-state index in [0.717, 1.165) is 37.7 Å².